The van der Waals surface area contributed by atoms with Gasteiger partial charge in [-0.15, -0.1) is 0 Å². The van der Waals surface area contributed by atoms with Crippen LogP contribution in [0.15, 0.2) is 24.3 Å². The summed E-state index contributed by atoms with van der Waals surface area (Å²) in [5.74, 6) is -0.227. The molecule has 0 radical (unpaired) electrons. The Morgan fingerprint density at radius 1 is 1.31 bits per heavy atom. The van der Waals surface area contributed by atoms with Gasteiger partial charge in [0.2, 0.25) is 0 Å². The van der Waals surface area contributed by atoms with Gasteiger partial charge in [0.15, 0.2) is 0 Å². The lowest BCUT2D eigenvalue weighted by Gasteiger charge is -2.14. The van der Waals surface area contributed by atoms with Crippen molar-refractivity contribution in [2.75, 3.05) is 13.7 Å². The highest BCUT2D eigenvalue weighted by molar-refractivity contribution is 5.70. The van der Waals surface area contributed by atoms with Crippen LogP contribution in [0.2, 0.25) is 0 Å². The molecule has 0 spiro atoms. The molecule has 3 heteroatoms. The minimum Gasteiger partial charge on any atom is -0.466 e. The molecule has 0 aliphatic heterocycles. The predicted octanol–water partition coefficient (Wildman–Crippen LogP) is 2.64. The lowest BCUT2D eigenvalue weighted by molar-refractivity contribution is -0.146. The van der Waals surface area contributed by atoms with Crippen LogP contribution in [0.5, 0.6) is 0 Å². The molecule has 0 N–H and O–H groups in total. The quantitative estimate of drug-likeness (QED) is 0.718. The Morgan fingerprint density at radius 3 is 2.44 bits per heavy atom. The van der Waals surface area contributed by atoms with E-state index in [0.29, 0.717) is 6.61 Å². The average molecular weight is 222 g/mol. The van der Waals surface area contributed by atoms with E-state index in [1.807, 2.05) is 31.2 Å². The summed E-state index contributed by atoms with van der Waals surface area (Å²) in [6, 6.07) is 7.96. The summed E-state index contributed by atoms with van der Waals surface area (Å²) in [6.07, 6.45) is 0.0348. The second-order valence-electron chi connectivity index (χ2n) is 3.64. The van der Waals surface area contributed by atoms with Gasteiger partial charge in [0.05, 0.1) is 19.1 Å². The van der Waals surface area contributed by atoms with Crippen LogP contribution in [-0.2, 0) is 14.3 Å². The lowest BCUT2D eigenvalue weighted by Crippen LogP contribution is -2.11. The van der Waals surface area contributed by atoms with Crippen LogP contribution in [0.4, 0.5) is 0 Å². The zero-order valence-corrected chi connectivity index (χ0v) is 10.0. The Bertz CT molecular complexity index is 330. The van der Waals surface area contributed by atoms with E-state index in [-0.39, 0.29) is 18.5 Å². The summed E-state index contributed by atoms with van der Waals surface area (Å²) in [6.45, 7) is 4.23. The highest BCUT2D eigenvalue weighted by atomic mass is 16.5. The highest BCUT2D eigenvalue weighted by Crippen LogP contribution is 2.21. The number of hydrogen-bond acceptors (Lipinski definition) is 3. The van der Waals surface area contributed by atoms with E-state index in [1.54, 1.807) is 14.0 Å². The molecule has 88 valence electrons. The van der Waals surface area contributed by atoms with Crippen LogP contribution in [0.3, 0.4) is 0 Å². The third-order valence-corrected chi connectivity index (χ3v) is 2.39. The standard InChI is InChI=1S/C13H18O3/c1-4-16-13(14)9-12(15-3)11-7-5-10(2)6-8-11/h5-8,12H,4,9H2,1-3H3. The number of carbonyl (C=O) groups excluding carboxylic acids is 1. The summed E-state index contributed by atoms with van der Waals surface area (Å²) >= 11 is 0. The largest absolute Gasteiger partial charge is 0.466 e. The molecular formula is C13H18O3. The minimum atomic E-state index is -0.227. The normalized spacial score (nSPS) is 12.2. The molecule has 1 rings (SSSR count). The molecule has 0 saturated carbocycles. The van der Waals surface area contributed by atoms with Crippen molar-refractivity contribution in [3.05, 3.63) is 35.4 Å². The fourth-order valence-corrected chi connectivity index (χ4v) is 1.49. The van der Waals surface area contributed by atoms with Crippen LogP contribution in [-0.4, -0.2) is 19.7 Å². The maximum absolute atomic E-state index is 11.4. The summed E-state index contributed by atoms with van der Waals surface area (Å²) in [7, 11) is 1.60. The molecule has 0 fully saturated rings. The van der Waals surface area contributed by atoms with Gasteiger partial charge in [0.1, 0.15) is 0 Å². The number of benzene rings is 1. The van der Waals surface area contributed by atoms with Crippen LogP contribution in [0, 0.1) is 6.92 Å². The van der Waals surface area contributed by atoms with E-state index in [9.17, 15) is 4.79 Å². The number of methoxy groups -OCH3 is 1. The van der Waals surface area contributed by atoms with E-state index in [1.165, 1.54) is 5.56 Å². The maximum Gasteiger partial charge on any atom is 0.308 e. The molecule has 0 heterocycles. The Hall–Kier alpha value is -1.35. The van der Waals surface area contributed by atoms with Gasteiger partial charge < -0.3 is 9.47 Å². The third kappa shape index (κ3) is 3.66. The van der Waals surface area contributed by atoms with Crippen molar-refractivity contribution in [2.45, 2.75) is 26.4 Å². The highest BCUT2D eigenvalue weighted by Gasteiger charge is 2.15. The number of esters is 1. The summed E-state index contributed by atoms with van der Waals surface area (Å²) in [5, 5.41) is 0. The van der Waals surface area contributed by atoms with Gasteiger partial charge in [-0.3, -0.25) is 4.79 Å². The Labute approximate surface area is 96.4 Å². The van der Waals surface area contributed by atoms with E-state index in [2.05, 4.69) is 0 Å². The van der Waals surface area contributed by atoms with Gasteiger partial charge in [-0.25, -0.2) is 0 Å². The molecule has 1 aromatic carbocycles. The number of carbonyl (C=O) groups is 1. The summed E-state index contributed by atoms with van der Waals surface area (Å²) < 4.78 is 10.2. The van der Waals surface area contributed by atoms with Crippen molar-refractivity contribution < 1.29 is 14.3 Å². The first kappa shape index (κ1) is 12.7. The van der Waals surface area contributed by atoms with Crippen molar-refractivity contribution >= 4 is 5.97 Å². The van der Waals surface area contributed by atoms with Crippen LogP contribution >= 0.6 is 0 Å². The van der Waals surface area contributed by atoms with E-state index in [0.717, 1.165) is 5.56 Å². The van der Waals surface area contributed by atoms with Crippen molar-refractivity contribution in [3.63, 3.8) is 0 Å². The van der Waals surface area contributed by atoms with Crippen LogP contribution in [0.25, 0.3) is 0 Å². The number of hydrogen-bond donors (Lipinski definition) is 0. The molecule has 1 aromatic rings. The molecule has 0 aromatic heterocycles. The van der Waals surface area contributed by atoms with Crippen LogP contribution in [0.1, 0.15) is 30.6 Å². The van der Waals surface area contributed by atoms with Gasteiger partial charge in [-0.2, -0.15) is 0 Å². The van der Waals surface area contributed by atoms with E-state index >= 15 is 0 Å². The van der Waals surface area contributed by atoms with Crippen LogP contribution < -0.4 is 0 Å². The van der Waals surface area contributed by atoms with Gasteiger partial charge in [-0.05, 0) is 19.4 Å². The maximum atomic E-state index is 11.4. The van der Waals surface area contributed by atoms with Crippen molar-refractivity contribution in [3.8, 4) is 0 Å². The first-order valence-corrected chi connectivity index (χ1v) is 5.42. The summed E-state index contributed by atoms with van der Waals surface area (Å²) in [5.41, 5.74) is 2.19. The minimum absolute atomic E-state index is 0.223. The summed E-state index contributed by atoms with van der Waals surface area (Å²) in [4.78, 5) is 11.4. The first-order valence-electron chi connectivity index (χ1n) is 5.42. The molecule has 3 nitrogen and oxygen atoms in total. The van der Waals surface area contributed by atoms with E-state index in [4.69, 9.17) is 9.47 Å². The Morgan fingerprint density at radius 2 is 1.94 bits per heavy atom. The average Bonchev–Trinajstić information content (AvgIpc) is 2.27. The Kier molecular flexibility index (Phi) is 4.99. The smallest absolute Gasteiger partial charge is 0.308 e. The zero-order chi connectivity index (χ0) is 12.0. The van der Waals surface area contributed by atoms with Gasteiger partial charge in [0, 0.05) is 7.11 Å². The monoisotopic (exact) mass is 222 g/mol. The lowest BCUT2D eigenvalue weighted by atomic mass is 10.1. The SMILES string of the molecule is CCOC(=O)CC(OC)c1ccc(C)cc1. The number of ether oxygens (including phenoxy) is 2. The molecule has 0 amide bonds. The fourth-order valence-electron chi connectivity index (χ4n) is 1.49. The molecular weight excluding hydrogens is 204 g/mol. The van der Waals surface area contributed by atoms with Crippen molar-refractivity contribution in [1.82, 2.24) is 0 Å². The fraction of sp³-hybridized carbons (Fsp3) is 0.462. The number of rotatable bonds is 5. The molecule has 0 saturated heterocycles. The third-order valence-electron chi connectivity index (χ3n) is 2.39. The molecule has 1 atom stereocenters. The van der Waals surface area contributed by atoms with Gasteiger partial charge in [-0.1, -0.05) is 29.8 Å². The second-order valence-corrected chi connectivity index (χ2v) is 3.64. The topological polar surface area (TPSA) is 35.5 Å². The first-order chi connectivity index (χ1) is 7.67. The Balaban J connectivity index is 2.67. The molecule has 1 unspecified atom stereocenters. The molecule has 0 bridgehead atoms. The molecule has 16 heavy (non-hydrogen) atoms. The zero-order valence-electron chi connectivity index (χ0n) is 10.0. The molecule has 0 aliphatic rings. The second kappa shape index (κ2) is 6.28. The van der Waals surface area contributed by atoms with Gasteiger partial charge >= 0.3 is 5.97 Å². The predicted molar refractivity (Wildman–Crippen MR) is 62.2 cm³/mol. The van der Waals surface area contributed by atoms with Crippen molar-refractivity contribution in [2.24, 2.45) is 0 Å². The van der Waals surface area contributed by atoms with Gasteiger partial charge in [0.25, 0.3) is 0 Å². The van der Waals surface area contributed by atoms with E-state index < -0.39 is 0 Å². The van der Waals surface area contributed by atoms with Crippen molar-refractivity contribution in [1.29, 1.82) is 0 Å². The molecule has 0 aliphatic carbocycles. The number of aryl methyl sites for hydroxylation is 1.